The Morgan fingerprint density at radius 3 is 2.89 bits per heavy atom. The summed E-state index contributed by atoms with van der Waals surface area (Å²) in [6, 6.07) is 0. The second-order valence-electron chi connectivity index (χ2n) is 4.88. The van der Waals surface area contributed by atoms with Gasteiger partial charge in [-0.15, -0.1) is 5.10 Å². The van der Waals surface area contributed by atoms with Gasteiger partial charge in [0.25, 0.3) is 0 Å². The fourth-order valence-corrected chi connectivity index (χ4v) is 1.94. The molecule has 108 valence electrons. The fourth-order valence-electron chi connectivity index (χ4n) is 1.94. The molecule has 0 bridgehead atoms. The van der Waals surface area contributed by atoms with E-state index in [0.29, 0.717) is 18.6 Å². The molecule has 1 heterocycles. The Kier molecular flexibility index (Phi) is 8.05. The number of carbonyl (C=O) groups is 1. The average molecular weight is 266 g/mol. The molecule has 0 aliphatic heterocycles. The summed E-state index contributed by atoms with van der Waals surface area (Å²) in [5, 5.41) is 11.4. The molecule has 0 saturated carbocycles. The van der Waals surface area contributed by atoms with Crippen LogP contribution in [0, 0.1) is 0 Å². The smallest absolute Gasteiger partial charge is 0.132 e. The molecule has 1 rings (SSSR count). The van der Waals surface area contributed by atoms with Crippen LogP contribution in [0.3, 0.4) is 0 Å². The maximum absolute atomic E-state index is 11.2. The first-order valence-corrected chi connectivity index (χ1v) is 7.31. The molecule has 1 aromatic rings. The van der Waals surface area contributed by atoms with Crippen molar-refractivity contribution in [3.8, 4) is 0 Å². The highest BCUT2D eigenvalue weighted by atomic mass is 16.1. The Morgan fingerprint density at radius 2 is 2.16 bits per heavy atom. The summed E-state index contributed by atoms with van der Waals surface area (Å²) in [7, 11) is 1.97. The normalized spacial score (nSPS) is 10.8. The van der Waals surface area contributed by atoms with Crippen molar-refractivity contribution in [1.29, 1.82) is 0 Å². The van der Waals surface area contributed by atoms with Gasteiger partial charge in [0.1, 0.15) is 5.78 Å². The van der Waals surface area contributed by atoms with Crippen molar-refractivity contribution in [3.05, 3.63) is 11.9 Å². The summed E-state index contributed by atoms with van der Waals surface area (Å²) in [4.78, 5) is 11.2. The minimum atomic E-state index is 0.351. The minimum absolute atomic E-state index is 0.351. The molecule has 0 spiro atoms. The monoisotopic (exact) mass is 266 g/mol. The lowest BCUT2D eigenvalue weighted by atomic mass is 10.1. The molecule has 5 heteroatoms. The molecule has 0 atom stereocenters. The van der Waals surface area contributed by atoms with Gasteiger partial charge in [0.15, 0.2) is 0 Å². The van der Waals surface area contributed by atoms with Gasteiger partial charge in [-0.2, -0.15) is 0 Å². The van der Waals surface area contributed by atoms with Crippen LogP contribution in [0.15, 0.2) is 6.20 Å². The third kappa shape index (κ3) is 7.06. The zero-order chi connectivity index (χ0) is 13.9. The first kappa shape index (κ1) is 15.8. The first-order chi connectivity index (χ1) is 9.26. The molecule has 0 fully saturated rings. The molecule has 5 nitrogen and oxygen atoms in total. The van der Waals surface area contributed by atoms with Crippen molar-refractivity contribution in [2.75, 3.05) is 13.6 Å². The standard InChI is InChI=1S/C14H26N4O/c1-3-14(19)9-5-7-11-18-12-13(16-17-18)8-4-6-10-15-2/h12,15H,3-11H2,1-2H3. The number of aromatic nitrogens is 3. The number of nitrogens with zero attached hydrogens (tertiary/aromatic N) is 3. The van der Waals surface area contributed by atoms with Crippen LogP contribution in [0.2, 0.25) is 0 Å². The van der Waals surface area contributed by atoms with Crippen molar-refractivity contribution < 1.29 is 4.79 Å². The molecule has 0 radical (unpaired) electrons. The molecule has 0 amide bonds. The molecular weight excluding hydrogens is 240 g/mol. The third-order valence-electron chi connectivity index (χ3n) is 3.18. The van der Waals surface area contributed by atoms with Crippen LogP contribution in [0.5, 0.6) is 0 Å². The third-order valence-corrected chi connectivity index (χ3v) is 3.18. The number of nitrogens with one attached hydrogen (secondary N) is 1. The van der Waals surface area contributed by atoms with Gasteiger partial charge in [0.05, 0.1) is 5.69 Å². The predicted octanol–water partition coefficient (Wildman–Crippen LogP) is 1.97. The van der Waals surface area contributed by atoms with Crippen molar-refractivity contribution >= 4 is 5.78 Å². The molecule has 0 unspecified atom stereocenters. The zero-order valence-corrected chi connectivity index (χ0v) is 12.2. The summed E-state index contributed by atoms with van der Waals surface area (Å²) in [6.45, 7) is 3.83. The van der Waals surface area contributed by atoms with Crippen LogP contribution >= 0.6 is 0 Å². The van der Waals surface area contributed by atoms with E-state index < -0.39 is 0 Å². The molecule has 0 aliphatic rings. The summed E-state index contributed by atoms with van der Waals surface area (Å²) < 4.78 is 1.89. The van der Waals surface area contributed by atoms with Crippen molar-refractivity contribution in [2.24, 2.45) is 0 Å². The first-order valence-electron chi connectivity index (χ1n) is 7.31. The Bertz CT molecular complexity index is 362. The van der Waals surface area contributed by atoms with Gasteiger partial charge in [0.2, 0.25) is 0 Å². The Labute approximate surface area is 115 Å². The van der Waals surface area contributed by atoms with Gasteiger partial charge in [-0.05, 0) is 45.7 Å². The Hall–Kier alpha value is -1.23. The van der Waals surface area contributed by atoms with E-state index in [1.54, 1.807) is 0 Å². The van der Waals surface area contributed by atoms with Gasteiger partial charge >= 0.3 is 0 Å². The van der Waals surface area contributed by atoms with Crippen molar-refractivity contribution in [2.45, 2.75) is 58.4 Å². The Balaban J connectivity index is 2.14. The highest BCUT2D eigenvalue weighted by molar-refractivity contribution is 5.77. The fraction of sp³-hybridized carbons (Fsp3) is 0.786. The van der Waals surface area contributed by atoms with E-state index in [9.17, 15) is 4.79 Å². The van der Waals surface area contributed by atoms with Gasteiger partial charge in [0, 0.05) is 25.6 Å². The maximum Gasteiger partial charge on any atom is 0.132 e. The van der Waals surface area contributed by atoms with E-state index in [0.717, 1.165) is 44.5 Å². The number of Topliss-reactive ketones (excluding diaryl/α,β-unsaturated/α-hetero) is 1. The molecule has 1 aromatic heterocycles. The van der Waals surface area contributed by atoms with Gasteiger partial charge in [-0.1, -0.05) is 12.1 Å². The Morgan fingerprint density at radius 1 is 1.32 bits per heavy atom. The number of unbranched alkanes of at least 4 members (excludes halogenated alkanes) is 2. The highest BCUT2D eigenvalue weighted by Crippen LogP contribution is 2.04. The lowest BCUT2D eigenvalue weighted by Gasteiger charge is -2.00. The van der Waals surface area contributed by atoms with E-state index in [1.807, 2.05) is 24.9 Å². The lowest BCUT2D eigenvalue weighted by molar-refractivity contribution is -0.118. The van der Waals surface area contributed by atoms with Gasteiger partial charge in [-0.25, -0.2) is 0 Å². The molecule has 19 heavy (non-hydrogen) atoms. The summed E-state index contributed by atoms with van der Waals surface area (Å²) in [5.74, 6) is 0.351. The van der Waals surface area contributed by atoms with Crippen molar-refractivity contribution in [3.63, 3.8) is 0 Å². The summed E-state index contributed by atoms with van der Waals surface area (Å²) in [5.41, 5.74) is 1.07. The van der Waals surface area contributed by atoms with E-state index in [4.69, 9.17) is 0 Å². The quantitative estimate of drug-likeness (QED) is 0.622. The second kappa shape index (κ2) is 9.67. The van der Waals surface area contributed by atoms with Crippen LogP contribution in [0.4, 0.5) is 0 Å². The molecular formula is C14H26N4O. The van der Waals surface area contributed by atoms with E-state index in [1.165, 1.54) is 6.42 Å². The van der Waals surface area contributed by atoms with E-state index in [-0.39, 0.29) is 0 Å². The second-order valence-corrected chi connectivity index (χ2v) is 4.88. The van der Waals surface area contributed by atoms with Crippen LogP contribution in [0.25, 0.3) is 0 Å². The summed E-state index contributed by atoms with van der Waals surface area (Å²) >= 11 is 0. The van der Waals surface area contributed by atoms with Crippen LogP contribution in [0.1, 0.15) is 51.1 Å². The molecule has 1 N–H and O–H groups in total. The molecule has 0 aromatic carbocycles. The number of aryl methyl sites for hydroxylation is 2. The van der Waals surface area contributed by atoms with Crippen LogP contribution < -0.4 is 5.32 Å². The lowest BCUT2D eigenvalue weighted by Crippen LogP contribution is -2.07. The largest absolute Gasteiger partial charge is 0.320 e. The number of rotatable bonds is 11. The van der Waals surface area contributed by atoms with E-state index >= 15 is 0 Å². The number of hydrogen-bond donors (Lipinski definition) is 1. The van der Waals surface area contributed by atoms with Crippen molar-refractivity contribution in [1.82, 2.24) is 20.3 Å². The predicted molar refractivity (Wildman–Crippen MR) is 76.0 cm³/mol. The molecule has 0 aliphatic carbocycles. The number of carbonyl (C=O) groups excluding carboxylic acids is 1. The topological polar surface area (TPSA) is 59.8 Å². The van der Waals surface area contributed by atoms with Gasteiger partial charge in [-0.3, -0.25) is 9.48 Å². The highest BCUT2D eigenvalue weighted by Gasteiger charge is 2.02. The number of hydrogen-bond acceptors (Lipinski definition) is 4. The van der Waals surface area contributed by atoms with Gasteiger partial charge < -0.3 is 5.32 Å². The van der Waals surface area contributed by atoms with Crippen LogP contribution in [-0.2, 0) is 17.8 Å². The van der Waals surface area contributed by atoms with E-state index in [2.05, 4.69) is 15.6 Å². The maximum atomic E-state index is 11.2. The zero-order valence-electron chi connectivity index (χ0n) is 12.2. The minimum Gasteiger partial charge on any atom is -0.320 e. The molecule has 0 saturated heterocycles. The summed E-state index contributed by atoms with van der Waals surface area (Å²) in [6.07, 6.45) is 8.63. The average Bonchev–Trinajstić information content (AvgIpc) is 2.87. The van der Waals surface area contributed by atoms with Crippen LogP contribution in [-0.4, -0.2) is 34.4 Å². The number of ketones is 1. The SMILES string of the molecule is CCC(=O)CCCCn1cc(CCCCNC)nn1.